The predicted octanol–water partition coefficient (Wildman–Crippen LogP) is 0.400. The van der Waals surface area contributed by atoms with Gasteiger partial charge < -0.3 is 9.84 Å². The first kappa shape index (κ1) is 14.0. The van der Waals surface area contributed by atoms with Crippen LogP contribution in [0.15, 0.2) is 36.4 Å². The van der Waals surface area contributed by atoms with E-state index in [0.717, 1.165) is 4.90 Å². The van der Waals surface area contributed by atoms with Gasteiger partial charge in [0.1, 0.15) is 5.60 Å². The molecule has 2 bridgehead atoms. The van der Waals surface area contributed by atoms with Crippen LogP contribution in [0.2, 0.25) is 0 Å². The van der Waals surface area contributed by atoms with Crippen LogP contribution in [0, 0.1) is 22.0 Å². The second-order valence-corrected chi connectivity index (χ2v) is 5.85. The molecule has 0 spiro atoms. The number of non-ortho nitro benzene ring substituents is 1. The smallest absolute Gasteiger partial charge is 0.271 e. The van der Waals surface area contributed by atoms with Crippen molar-refractivity contribution in [3.05, 3.63) is 46.5 Å². The number of carbonyl (C=O) groups excluding carboxylic acids is 2. The summed E-state index contributed by atoms with van der Waals surface area (Å²) in [6, 6.07) is 5.39. The third kappa shape index (κ3) is 1.67. The van der Waals surface area contributed by atoms with Crippen LogP contribution < -0.4 is 4.90 Å². The minimum Gasteiger partial charge on any atom is -0.393 e. The van der Waals surface area contributed by atoms with Gasteiger partial charge in [-0.2, -0.15) is 0 Å². The number of fused-ring (bicyclic) bond motifs is 5. The number of rotatable bonds is 3. The maximum atomic E-state index is 12.7. The van der Waals surface area contributed by atoms with Crippen LogP contribution in [0.5, 0.6) is 0 Å². The van der Waals surface area contributed by atoms with E-state index in [4.69, 9.17) is 4.74 Å². The number of aliphatic hydroxyl groups is 1. The van der Waals surface area contributed by atoms with Crippen LogP contribution in [-0.2, 0) is 14.3 Å². The zero-order valence-corrected chi connectivity index (χ0v) is 11.8. The Hall–Kier alpha value is -2.58. The zero-order valence-electron chi connectivity index (χ0n) is 11.8. The van der Waals surface area contributed by atoms with Crippen molar-refractivity contribution in [1.29, 1.82) is 0 Å². The summed E-state index contributed by atoms with van der Waals surface area (Å²) in [7, 11) is 0. The van der Waals surface area contributed by atoms with Gasteiger partial charge in [0.15, 0.2) is 0 Å². The normalized spacial score (nSPS) is 34.3. The van der Waals surface area contributed by atoms with Crippen molar-refractivity contribution in [2.24, 2.45) is 11.8 Å². The second-order valence-electron chi connectivity index (χ2n) is 5.85. The lowest BCUT2D eigenvalue weighted by Gasteiger charge is -2.26. The molecule has 3 heterocycles. The van der Waals surface area contributed by atoms with Crippen LogP contribution in [0.3, 0.4) is 0 Å². The highest BCUT2D eigenvalue weighted by Gasteiger charge is 2.67. The van der Waals surface area contributed by atoms with E-state index in [-0.39, 0.29) is 11.4 Å². The van der Waals surface area contributed by atoms with Gasteiger partial charge in [0, 0.05) is 12.1 Å². The first-order valence-corrected chi connectivity index (χ1v) is 7.09. The average molecular weight is 316 g/mol. The van der Waals surface area contributed by atoms with Crippen molar-refractivity contribution in [3.63, 3.8) is 0 Å². The third-order valence-corrected chi connectivity index (χ3v) is 4.70. The molecular weight excluding hydrogens is 304 g/mol. The van der Waals surface area contributed by atoms with E-state index in [2.05, 4.69) is 0 Å². The number of ether oxygens (including phenoxy) is 1. The molecule has 4 rings (SSSR count). The van der Waals surface area contributed by atoms with Crippen molar-refractivity contribution >= 4 is 23.2 Å². The summed E-state index contributed by atoms with van der Waals surface area (Å²) < 4.78 is 5.63. The second kappa shape index (κ2) is 4.46. The molecule has 1 aromatic rings. The number of anilines is 1. The number of benzene rings is 1. The molecule has 8 heteroatoms. The van der Waals surface area contributed by atoms with Crippen LogP contribution in [0.25, 0.3) is 0 Å². The van der Waals surface area contributed by atoms with Crippen LogP contribution in [0.1, 0.15) is 0 Å². The van der Waals surface area contributed by atoms with Gasteiger partial charge in [0.2, 0.25) is 11.8 Å². The molecule has 1 aromatic carbocycles. The summed E-state index contributed by atoms with van der Waals surface area (Å²) >= 11 is 0. The lowest BCUT2D eigenvalue weighted by Crippen LogP contribution is -2.43. The van der Waals surface area contributed by atoms with E-state index in [1.807, 2.05) is 0 Å². The van der Waals surface area contributed by atoms with Crippen molar-refractivity contribution < 1.29 is 24.4 Å². The number of nitro benzene ring substituents is 1. The summed E-state index contributed by atoms with van der Waals surface area (Å²) in [5.41, 5.74) is -1.21. The summed E-state index contributed by atoms with van der Waals surface area (Å²) in [5.74, 6) is -2.44. The topological polar surface area (TPSA) is 110 Å². The number of hydrogen-bond acceptors (Lipinski definition) is 6. The van der Waals surface area contributed by atoms with Crippen molar-refractivity contribution in [2.45, 2.75) is 11.7 Å². The molecule has 0 unspecified atom stereocenters. The molecule has 2 fully saturated rings. The first-order chi connectivity index (χ1) is 11.0. The molecule has 0 radical (unpaired) electrons. The monoisotopic (exact) mass is 316 g/mol. The molecule has 118 valence electrons. The van der Waals surface area contributed by atoms with Crippen molar-refractivity contribution in [3.8, 4) is 0 Å². The van der Waals surface area contributed by atoms with E-state index < -0.39 is 46.9 Å². The summed E-state index contributed by atoms with van der Waals surface area (Å²) in [6.45, 7) is -0.400. The van der Waals surface area contributed by atoms with Gasteiger partial charge in [0.25, 0.3) is 5.69 Å². The Labute approximate surface area is 130 Å². The Morgan fingerprint density at radius 1 is 1.35 bits per heavy atom. The Bertz CT molecular complexity index is 775. The highest BCUT2D eigenvalue weighted by molar-refractivity contribution is 6.23. The van der Waals surface area contributed by atoms with Crippen molar-refractivity contribution in [1.82, 2.24) is 0 Å². The molecule has 0 aliphatic carbocycles. The van der Waals surface area contributed by atoms with Crippen LogP contribution in [0.4, 0.5) is 11.4 Å². The van der Waals surface area contributed by atoms with Gasteiger partial charge in [0.05, 0.1) is 35.2 Å². The quantitative estimate of drug-likeness (QED) is 0.374. The third-order valence-electron chi connectivity index (χ3n) is 4.70. The zero-order chi connectivity index (χ0) is 16.4. The van der Waals surface area contributed by atoms with E-state index in [0.29, 0.717) is 0 Å². The van der Waals surface area contributed by atoms with Crippen LogP contribution in [-0.4, -0.2) is 40.2 Å². The Balaban J connectivity index is 1.76. The average Bonchev–Trinajstić information content (AvgIpc) is 3.18. The van der Waals surface area contributed by atoms with Crippen molar-refractivity contribution in [2.75, 3.05) is 11.5 Å². The first-order valence-electron chi connectivity index (χ1n) is 7.09. The van der Waals surface area contributed by atoms with E-state index in [1.165, 1.54) is 24.3 Å². The highest BCUT2D eigenvalue weighted by atomic mass is 16.6. The Kier molecular flexibility index (Phi) is 2.72. The summed E-state index contributed by atoms with van der Waals surface area (Å²) in [5, 5.41) is 20.5. The van der Waals surface area contributed by atoms with Crippen LogP contribution >= 0.6 is 0 Å². The molecule has 2 amide bonds. The predicted molar refractivity (Wildman–Crippen MR) is 76.4 cm³/mol. The molecule has 2 saturated heterocycles. The van der Waals surface area contributed by atoms with E-state index in [1.54, 1.807) is 12.2 Å². The van der Waals surface area contributed by atoms with Gasteiger partial charge >= 0.3 is 0 Å². The Morgan fingerprint density at radius 3 is 2.83 bits per heavy atom. The minimum absolute atomic E-state index is 0.163. The van der Waals surface area contributed by atoms with Gasteiger partial charge in [-0.05, 0) is 6.07 Å². The number of nitrogens with zero attached hydrogens (tertiary/aromatic N) is 2. The SMILES string of the molecule is O=C1[C@H]2[C@@H](C(=O)N1c1cccc([N+](=O)[O-])c1)[C@@]1(CO)C=C[C@H]2O1. The molecule has 0 saturated carbocycles. The molecule has 4 atom stereocenters. The lowest BCUT2D eigenvalue weighted by atomic mass is 9.77. The minimum atomic E-state index is -1.17. The number of imide groups is 1. The fourth-order valence-corrected chi connectivity index (χ4v) is 3.68. The number of aliphatic hydroxyl groups excluding tert-OH is 1. The maximum absolute atomic E-state index is 12.7. The molecule has 1 N–H and O–H groups in total. The number of hydrogen-bond donors (Lipinski definition) is 1. The van der Waals surface area contributed by atoms with Gasteiger partial charge in [-0.25, -0.2) is 4.90 Å². The fraction of sp³-hybridized carbons (Fsp3) is 0.333. The largest absolute Gasteiger partial charge is 0.393 e. The molecule has 8 nitrogen and oxygen atoms in total. The molecule has 23 heavy (non-hydrogen) atoms. The van der Waals surface area contributed by atoms with E-state index in [9.17, 15) is 24.8 Å². The lowest BCUT2D eigenvalue weighted by molar-refractivity contribution is -0.384. The standard InChI is InChI=1S/C15H12N2O6/c18-7-15-5-4-10(23-15)11-12(15)14(20)16(13(11)19)8-2-1-3-9(6-8)17(21)22/h1-6,10-12,18H,7H2/t10-,11-,12+,15+/m1/s1. The summed E-state index contributed by atoms with van der Waals surface area (Å²) in [6.07, 6.45) is 2.76. The molecule has 3 aliphatic heterocycles. The molecule has 3 aliphatic rings. The number of nitro groups is 1. The highest BCUT2D eigenvalue weighted by Crippen LogP contribution is 2.52. The molecular formula is C15H12N2O6. The summed E-state index contributed by atoms with van der Waals surface area (Å²) in [4.78, 5) is 36.7. The van der Waals surface area contributed by atoms with Gasteiger partial charge in [-0.15, -0.1) is 0 Å². The number of carbonyl (C=O) groups is 2. The van der Waals surface area contributed by atoms with E-state index >= 15 is 0 Å². The fourth-order valence-electron chi connectivity index (χ4n) is 3.68. The molecule has 0 aromatic heterocycles. The van der Waals surface area contributed by atoms with Gasteiger partial charge in [-0.1, -0.05) is 18.2 Å². The number of amides is 2. The maximum Gasteiger partial charge on any atom is 0.271 e. The van der Waals surface area contributed by atoms with Gasteiger partial charge in [-0.3, -0.25) is 19.7 Å². The Morgan fingerprint density at radius 2 is 2.13 bits per heavy atom.